The number of hydrogen-bond acceptors (Lipinski definition) is 3. The van der Waals surface area contributed by atoms with E-state index in [1.807, 2.05) is 48.5 Å². The average molecular weight is 525 g/mol. The van der Waals surface area contributed by atoms with E-state index in [1.165, 1.54) is 0 Å². The summed E-state index contributed by atoms with van der Waals surface area (Å²) >= 11 is 12.3. The molecule has 0 spiro atoms. The number of carbonyl (C=O) groups is 2. The van der Waals surface area contributed by atoms with Crippen molar-refractivity contribution in [3.8, 4) is 5.75 Å². The van der Waals surface area contributed by atoms with Crippen LogP contribution in [0.4, 0.5) is 0 Å². The van der Waals surface area contributed by atoms with Gasteiger partial charge in [0.1, 0.15) is 11.8 Å². The van der Waals surface area contributed by atoms with E-state index in [0.717, 1.165) is 36.8 Å². The molecular weight excluding hydrogens is 495 g/mol. The maximum absolute atomic E-state index is 13.6. The highest BCUT2D eigenvalue weighted by Gasteiger charge is 2.32. The molecule has 1 saturated carbocycles. The summed E-state index contributed by atoms with van der Waals surface area (Å²) in [7, 11) is 0. The molecule has 3 aromatic rings. The molecule has 2 amide bonds. The number of halogens is 2. The molecule has 1 fully saturated rings. The van der Waals surface area contributed by atoms with Crippen molar-refractivity contribution in [1.29, 1.82) is 0 Å². The molecule has 0 aromatic heterocycles. The second-order valence-corrected chi connectivity index (χ2v) is 9.97. The molecule has 0 aliphatic heterocycles. The summed E-state index contributed by atoms with van der Waals surface area (Å²) in [5.41, 5.74) is 1.81. The highest BCUT2D eigenvalue weighted by atomic mass is 35.5. The predicted octanol–water partition coefficient (Wildman–Crippen LogP) is 6.07. The molecule has 1 atom stereocenters. The quantitative estimate of drug-likeness (QED) is 0.350. The molecule has 1 N–H and O–H groups in total. The highest BCUT2D eigenvalue weighted by Crippen LogP contribution is 2.22. The first kappa shape index (κ1) is 26.1. The zero-order chi connectivity index (χ0) is 25.3. The molecule has 1 unspecified atom stereocenters. The van der Waals surface area contributed by atoms with Crippen LogP contribution >= 0.6 is 23.2 Å². The van der Waals surface area contributed by atoms with Crippen LogP contribution in [0.3, 0.4) is 0 Å². The van der Waals surface area contributed by atoms with Crippen LogP contribution in [0, 0.1) is 0 Å². The zero-order valence-electron chi connectivity index (χ0n) is 20.0. The number of ether oxygens (including phenoxy) is 1. The number of nitrogens with one attached hydrogen (secondary N) is 1. The number of amides is 2. The Balaban J connectivity index is 1.61. The number of nitrogens with zero attached hydrogens (tertiary/aromatic N) is 1. The van der Waals surface area contributed by atoms with Gasteiger partial charge in [0.15, 0.2) is 6.61 Å². The molecule has 7 heteroatoms. The molecule has 0 heterocycles. The van der Waals surface area contributed by atoms with E-state index in [-0.39, 0.29) is 31.0 Å². The molecule has 5 nitrogen and oxygen atoms in total. The van der Waals surface area contributed by atoms with Gasteiger partial charge in [-0.05, 0) is 54.3 Å². The van der Waals surface area contributed by atoms with Gasteiger partial charge in [0.05, 0.1) is 0 Å². The second kappa shape index (κ2) is 12.8. The lowest BCUT2D eigenvalue weighted by atomic mass is 10.0. The SMILES string of the molecule is O=C(NC1CCCC1)C(Cc1ccccc1)N(Cc1cccc(Cl)c1)C(=O)COc1cccc(Cl)c1. The van der Waals surface area contributed by atoms with Crippen molar-refractivity contribution in [1.82, 2.24) is 10.2 Å². The first-order valence-corrected chi connectivity index (χ1v) is 13.0. The highest BCUT2D eigenvalue weighted by molar-refractivity contribution is 6.30. The van der Waals surface area contributed by atoms with E-state index in [0.29, 0.717) is 22.2 Å². The molecule has 188 valence electrons. The molecule has 1 aliphatic carbocycles. The fraction of sp³-hybridized carbons (Fsp3) is 0.310. The van der Waals surface area contributed by atoms with Crippen molar-refractivity contribution in [3.63, 3.8) is 0 Å². The van der Waals surface area contributed by atoms with Crippen molar-refractivity contribution < 1.29 is 14.3 Å². The summed E-state index contributed by atoms with van der Waals surface area (Å²) in [6.45, 7) is 0.0107. The summed E-state index contributed by atoms with van der Waals surface area (Å²) in [4.78, 5) is 28.9. The topological polar surface area (TPSA) is 58.6 Å². The van der Waals surface area contributed by atoms with E-state index < -0.39 is 6.04 Å². The Bertz CT molecular complexity index is 1170. The van der Waals surface area contributed by atoms with Crippen LogP contribution in [0.25, 0.3) is 0 Å². The van der Waals surface area contributed by atoms with Crippen molar-refractivity contribution >= 4 is 35.0 Å². The minimum Gasteiger partial charge on any atom is -0.484 e. The standard InChI is InChI=1S/C29H30Cl2N2O3/c30-23-11-6-10-22(16-23)19-33(28(34)20-36-26-15-7-12-24(31)18-26)27(17-21-8-2-1-3-9-21)29(35)32-25-13-4-5-14-25/h1-3,6-12,15-16,18,25,27H,4-5,13-14,17,19-20H2,(H,32,35). The number of carbonyl (C=O) groups excluding carboxylic acids is 2. The van der Waals surface area contributed by atoms with Crippen LogP contribution in [-0.4, -0.2) is 35.4 Å². The van der Waals surface area contributed by atoms with Gasteiger partial charge in [-0.15, -0.1) is 0 Å². The van der Waals surface area contributed by atoms with Crippen molar-refractivity contribution in [3.05, 3.63) is 100 Å². The monoisotopic (exact) mass is 524 g/mol. The van der Waals surface area contributed by atoms with E-state index in [4.69, 9.17) is 27.9 Å². The molecule has 3 aromatic carbocycles. The maximum Gasteiger partial charge on any atom is 0.261 e. The van der Waals surface area contributed by atoms with E-state index in [9.17, 15) is 9.59 Å². The average Bonchev–Trinajstić information content (AvgIpc) is 3.38. The van der Waals surface area contributed by atoms with Gasteiger partial charge in [-0.3, -0.25) is 9.59 Å². The van der Waals surface area contributed by atoms with Crippen LogP contribution in [0.5, 0.6) is 5.75 Å². The molecule has 0 radical (unpaired) electrons. The van der Waals surface area contributed by atoms with Crippen LogP contribution in [0.15, 0.2) is 78.9 Å². The minimum absolute atomic E-state index is 0.140. The fourth-order valence-corrected chi connectivity index (χ4v) is 4.93. The van der Waals surface area contributed by atoms with Crippen molar-refractivity contribution in [2.75, 3.05) is 6.61 Å². The summed E-state index contributed by atoms with van der Waals surface area (Å²) in [5, 5.41) is 4.29. The number of rotatable bonds is 10. The zero-order valence-corrected chi connectivity index (χ0v) is 21.5. The molecule has 4 rings (SSSR count). The largest absolute Gasteiger partial charge is 0.484 e. The molecule has 36 heavy (non-hydrogen) atoms. The summed E-state index contributed by atoms with van der Waals surface area (Å²) in [5.74, 6) is 0.0508. The Morgan fingerprint density at radius 1 is 0.889 bits per heavy atom. The first-order valence-electron chi connectivity index (χ1n) is 12.2. The lowest BCUT2D eigenvalue weighted by Gasteiger charge is -2.32. The van der Waals surface area contributed by atoms with E-state index in [1.54, 1.807) is 35.2 Å². The van der Waals surface area contributed by atoms with Gasteiger partial charge in [-0.1, -0.05) is 84.6 Å². The first-order chi connectivity index (χ1) is 17.5. The lowest BCUT2D eigenvalue weighted by Crippen LogP contribution is -2.53. The van der Waals surface area contributed by atoms with Gasteiger partial charge in [0.2, 0.25) is 5.91 Å². The number of benzene rings is 3. The maximum atomic E-state index is 13.6. The Hall–Kier alpha value is -3.02. The Kier molecular flexibility index (Phi) is 9.26. The third-order valence-corrected chi connectivity index (χ3v) is 6.84. The van der Waals surface area contributed by atoms with Gasteiger partial charge in [0, 0.05) is 29.1 Å². The Morgan fingerprint density at radius 3 is 2.25 bits per heavy atom. The van der Waals surface area contributed by atoms with Crippen LogP contribution < -0.4 is 10.1 Å². The van der Waals surface area contributed by atoms with E-state index >= 15 is 0 Å². The fourth-order valence-electron chi connectivity index (χ4n) is 4.54. The minimum atomic E-state index is -0.706. The van der Waals surface area contributed by atoms with Crippen molar-refractivity contribution in [2.24, 2.45) is 0 Å². The predicted molar refractivity (Wildman–Crippen MR) is 143 cm³/mol. The number of hydrogen-bond donors (Lipinski definition) is 1. The third kappa shape index (κ3) is 7.49. The summed E-state index contributed by atoms with van der Waals surface area (Å²) < 4.78 is 5.77. The van der Waals surface area contributed by atoms with Crippen LogP contribution in [0.1, 0.15) is 36.8 Å². The molecular formula is C29H30Cl2N2O3. The van der Waals surface area contributed by atoms with Gasteiger partial charge in [-0.2, -0.15) is 0 Å². The Labute approximate surface area is 222 Å². The van der Waals surface area contributed by atoms with Gasteiger partial charge in [0.25, 0.3) is 5.91 Å². The van der Waals surface area contributed by atoms with E-state index in [2.05, 4.69) is 5.32 Å². The van der Waals surface area contributed by atoms with Gasteiger partial charge in [-0.25, -0.2) is 0 Å². The van der Waals surface area contributed by atoms with Crippen molar-refractivity contribution in [2.45, 2.75) is 50.7 Å². The molecule has 1 aliphatic rings. The summed E-state index contributed by atoms with van der Waals surface area (Å²) in [6, 6.07) is 23.4. The summed E-state index contributed by atoms with van der Waals surface area (Å²) in [6.07, 6.45) is 4.52. The Morgan fingerprint density at radius 2 is 1.56 bits per heavy atom. The van der Waals surface area contributed by atoms with Gasteiger partial charge >= 0.3 is 0 Å². The smallest absolute Gasteiger partial charge is 0.261 e. The second-order valence-electron chi connectivity index (χ2n) is 9.09. The third-order valence-electron chi connectivity index (χ3n) is 6.37. The van der Waals surface area contributed by atoms with Crippen LogP contribution in [0.2, 0.25) is 10.0 Å². The van der Waals surface area contributed by atoms with Crippen LogP contribution in [-0.2, 0) is 22.6 Å². The normalized spacial score (nSPS) is 14.3. The molecule has 0 bridgehead atoms. The lowest BCUT2D eigenvalue weighted by molar-refractivity contribution is -0.143. The van der Waals surface area contributed by atoms with Gasteiger partial charge < -0.3 is 15.0 Å². The molecule has 0 saturated heterocycles.